The Balaban J connectivity index is 1.68. The van der Waals surface area contributed by atoms with Gasteiger partial charge in [-0.1, -0.05) is 0 Å². The van der Waals surface area contributed by atoms with E-state index in [4.69, 9.17) is 4.74 Å². The molecule has 1 fully saturated rings. The lowest BCUT2D eigenvalue weighted by atomic mass is 10.1. The van der Waals surface area contributed by atoms with Crippen LogP contribution in [0.3, 0.4) is 0 Å². The van der Waals surface area contributed by atoms with Crippen LogP contribution in [0.15, 0.2) is 30.5 Å². The van der Waals surface area contributed by atoms with Crippen LogP contribution in [0.1, 0.15) is 12.1 Å². The van der Waals surface area contributed by atoms with Gasteiger partial charge >= 0.3 is 0 Å². The minimum atomic E-state index is 0.311. The molecule has 5 nitrogen and oxygen atoms in total. The van der Waals surface area contributed by atoms with Crippen molar-refractivity contribution in [2.75, 3.05) is 32.8 Å². The minimum Gasteiger partial charge on any atom is -0.508 e. The fourth-order valence-corrected chi connectivity index (χ4v) is 3.72. The highest BCUT2D eigenvalue weighted by Gasteiger charge is 2.14. The maximum absolute atomic E-state index is 9.93. The van der Waals surface area contributed by atoms with Gasteiger partial charge in [0.15, 0.2) is 0 Å². The lowest BCUT2D eigenvalue weighted by molar-refractivity contribution is 0.0370. The summed E-state index contributed by atoms with van der Waals surface area (Å²) in [7, 11) is 0. The third kappa shape index (κ3) is 2.74. The van der Waals surface area contributed by atoms with Crippen molar-refractivity contribution in [2.45, 2.75) is 19.9 Å². The molecule has 0 aliphatic carbocycles. The number of phenolic OH excluding ortho intramolecular Hbond substituents is 1. The molecule has 0 unspecified atom stereocenters. The van der Waals surface area contributed by atoms with Crippen molar-refractivity contribution in [3.05, 3.63) is 36.2 Å². The molecular weight excluding hydrogens is 302 g/mol. The number of aromatic hydroxyl groups is 1. The molecule has 2 aromatic heterocycles. The van der Waals surface area contributed by atoms with E-state index in [1.165, 1.54) is 16.3 Å². The second-order valence-electron chi connectivity index (χ2n) is 6.45. The Labute approximate surface area is 141 Å². The third-order valence-corrected chi connectivity index (χ3v) is 4.90. The van der Waals surface area contributed by atoms with Gasteiger partial charge in [-0.15, -0.1) is 0 Å². The molecule has 1 aliphatic rings. The zero-order valence-electron chi connectivity index (χ0n) is 14.0. The number of hydrogen-bond donors (Lipinski definition) is 1. The highest BCUT2D eigenvalue weighted by molar-refractivity contribution is 6.08. The van der Waals surface area contributed by atoms with E-state index in [1.54, 1.807) is 6.07 Å². The number of ether oxygens (including phenoxy) is 1. The van der Waals surface area contributed by atoms with Gasteiger partial charge in [0.25, 0.3) is 0 Å². The smallest absolute Gasteiger partial charge is 0.117 e. The molecule has 0 spiro atoms. The summed E-state index contributed by atoms with van der Waals surface area (Å²) in [6, 6.07) is 7.70. The Morgan fingerprint density at radius 1 is 1.12 bits per heavy atom. The van der Waals surface area contributed by atoms with Crippen LogP contribution in [0.25, 0.3) is 21.8 Å². The molecule has 1 N–H and O–H groups in total. The van der Waals surface area contributed by atoms with Gasteiger partial charge in [-0.3, -0.25) is 9.88 Å². The first-order valence-corrected chi connectivity index (χ1v) is 8.60. The van der Waals surface area contributed by atoms with Crippen molar-refractivity contribution in [3.63, 3.8) is 0 Å². The predicted octanol–water partition coefficient (Wildman–Crippen LogP) is 2.93. The third-order valence-electron chi connectivity index (χ3n) is 4.90. The number of hydrogen-bond acceptors (Lipinski definition) is 4. The standard InChI is InChI=1S/C19H23N3O2/c1-14-19-17(5-6-20-14)16-4-3-15(23)13-18(16)22(19)8-2-7-21-9-11-24-12-10-21/h3-6,13,23H,2,7-12H2,1H3. The zero-order valence-corrected chi connectivity index (χ0v) is 14.0. The number of pyridine rings is 1. The Morgan fingerprint density at radius 2 is 1.96 bits per heavy atom. The van der Waals surface area contributed by atoms with Crippen LogP contribution in [-0.2, 0) is 11.3 Å². The lowest BCUT2D eigenvalue weighted by Crippen LogP contribution is -2.37. The molecule has 1 saturated heterocycles. The number of aromatic nitrogens is 2. The molecule has 0 radical (unpaired) electrons. The van der Waals surface area contributed by atoms with Gasteiger partial charge in [0, 0.05) is 49.2 Å². The molecule has 1 aliphatic heterocycles. The molecule has 0 amide bonds. The van der Waals surface area contributed by atoms with Crippen LogP contribution < -0.4 is 0 Å². The molecule has 4 rings (SSSR count). The summed E-state index contributed by atoms with van der Waals surface area (Å²) in [6.45, 7) is 7.77. The van der Waals surface area contributed by atoms with Crippen molar-refractivity contribution in [3.8, 4) is 5.75 Å². The fourth-order valence-electron chi connectivity index (χ4n) is 3.72. The summed E-state index contributed by atoms with van der Waals surface area (Å²) in [5.74, 6) is 0.311. The van der Waals surface area contributed by atoms with Gasteiger partial charge in [0.05, 0.1) is 29.9 Å². The van der Waals surface area contributed by atoms with Crippen LogP contribution >= 0.6 is 0 Å². The van der Waals surface area contributed by atoms with Gasteiger partial charge in [-0.2, -0.15) is 0 Å². The molecule has 0 atom stereocenters. The Kier molecular flexibility index (Phi) is 4.12. The van der Waals surface area contributed by atoms with Crippen molar-refractivity contribution in [1.82, 2.24) is 14.5 Å². The molecule has 1 aromatic carbocycles. The number of morpholine rings is 1. The normalized spacial score (nSPS) is 16.2. The summed E-state index contributed by atoms with van der Waals surface area (Å²) in [5.41, 5.74) is 3.30. The maximum Gasteiger partial charge on any atom is 0.117 e. The second kappa shape index (κ2) is 6.42. The molecule has 126 valence electrons. The largest absolute Gasteiger partial charge is 0.508 e. The van der Waals surface area contributed by atoms with Crippen LogP contribution in [0, 0.1) is 6.92 Å². The first-order valence-electron chi connectivity index (χ1n) is 8.60. The summed E-state index contributed by atoms with van der Waals surface area (Å²) in [5, 5.41) is 12.3. The van der Waals surface area contributed by atoms with E-state index >= 15 is 0 Å². The minimum absolute atomic E-state index is 0.311. The highest BCUT2D eigenvalue weighted by atomic mass is 16.5. The quantitative estimate of drug-likeness (QED) is 0.801. The number of benzene rings is 1. The van der Waals surface area contributed by atoms with Crippen LogP contribution in [0.5, 0.6) is 5.75 Å². The molecule has 0 bridgehead atoms. The topological polar surface area (TPSA) is 50.5 Å². The van der Waals surface area contributed by atoms with E-state index in [9.17, 15) is 5.11 Å². The van der Waals surface area contributed by atoms with E-state index in [2.05, 4.69) is 27.4 Å². The molecule has 5 heteroatoms. The number of rotatable bonds is 4. The molecular formula is C19H23N3O2. The molecule has 3 heterocycles. The van der Waals surface area contributed by atoms with Gasteiger partial charge in [0.2, 0.25) is 0 Å². The van der Waals surface area contributed by atoms with Crippen molar-refractivity contribution < 1.29 is 9.84 Å². The zero-order chi connectivity index (χ0) is 16.5. The molecule has 24 heavy (non-hydrogen) atoms. The van der Waals surface area contributed by atoms with Gasteiger partial charge in [0.1, 0.15) is 5.75 Å². The fraction of sp³-hybridized carbons (Fsp3) is 0.421. The first-order chi connectivity index (χ1) is 11.7. The second-order valence-corrected chi connectivity index (χ2v) is 6.45. The van der Waals surface area contributed by atoms with E-state index in [-0.39, 0.29) is 0 Å². The van der Waals surface area contributed by atoms with E-state index < -0.39 is 0 Å². The van der Waals surface area contributed by atoms with E-state index in [0.717, 1.165) is 57.0 Å². The van der Waals surface area contributed by atoms with Gasteiger partial charge in [-0.25, -0.2) is 0 Å². The van der Waals surface area contributed by atoms with Crippen molar-refractivity contribution in [2.24, 2.45) is 0 Å². The predicted molar refractivity (Wildman–Crippen MR) is 95.5 cm³/mol. The van der Waals surface area contributed by atoms with Crippen molar-refractivity contribution >= 4 is 21.8 Å². The Bertz CT molecular complexity index is 866. The molecule has 0 saturated carbocycles. The monoisotopic (exact) mass is 325 g/mol. The molecule has 3 aromatic rings. The van der Waals surface area contributed by atoms with Crippen LogP contribution in [0.2, 0.25) is 0 Å². The van der Waals surface area contributed by atoms with Crippen LogP contribution in [0.4, 0.5) is 0 Å². The number of fused-ring (bicyclic) bond motifs is 3. The Hall–Kier alpha value is -2.11. The number of aryl methyl sites for hydroxylation is 2. The SMILES string of the molecule is Cc1nccc2c3ccc(O)cc3n(CCCN3CCOCC3)c12. The Morgan fingerprint density at radius 3 is 2.79 bits per heavy atom. The highest BCUT2D eigenvalue weighted by Crippen LogP contribution is 2.32. The number of phenols is 1. The average molecular weight is 325 g/mol. The summed E-state index contributed by atoms with van der Waals surface area (Å²) in [4.78, 5) is 6.93. The number of nitrogens with zero attached hydrogens (tertiary/aromatic N) is 3. The van der Waals surface area contributed by atoms with Crippen LogP contribution in [-0.4, -0.2) is 52.4 Å². The summed E-state index contributed by atoms with van der Waals surface area (Å²) in [6.07, 6.45) is 2.94. The van der Waals surface area contributed by atoms with Gasteiger partial charge < -0.3 is 14.4 Å². The van der Waals surface area contributed by atoms with E-state index in [1.807, 2.05) is 18.3 Å². The summed E-state index contributed by atoms with van der Waals surface area (Å²) >= 11 is 0. The van der Waals surface area contributed by atoms with Crippen molar-refractivity contribution in [1.29, 1.82) is 0 Å². The van der Waals surface area contributed by atoms with Gasteiger partial charge in [-0.05, 0) is 31.5 Å². The first kappa shape index (κ1) is 15.4. The summed E-state index contributed by atoms with van der Waals surface area (Å²) < 4.78 is 7.73. The lowest BCUT2D eigenvalue weighted by Gasteiger charge is -2.26. The average Bonchev–Trinajstić information content (AvgIpc) is 2.90. The maximum atomic E-state index is 9.93. The van der Waals surface area contributed by atoms with E-state index in [0.29, 0.717) is 5.75 Å².